The van der Waals surface area contributed by atoms with Gasteiger partial charge in [0.25, 0.3) is 0 Å². The van der Waals surface area contributed by atoms with Crippen LogP contribution in [0.3, 0.4) is 0 Å². The summed E-state index contributed by atoms with van der Waals surface area (Å²) < 4.78 is 10.8. The first-order valence-electron chi connectivity index (χ1n) is 6.38. The highest BCUT2D eigenvalue weighted by Gasteiger charge is 2.11. The van der Waals surface area contributed by atoms with Crippen molar-refractivity contribution in [1.82, 2.24) is 4.98 Å². The number of rotatable bonds is 3. The third-order valence-corrected chi connectivity index (χ3v) is 3.38. The fourth-order valence-electron chi connectivity index (χ4n) is 2.40. The van der Waals surface area contributed by atoms with Gasteiger partial charge in [-0.05, 0) is 52.7 Å². The number of hydrogen-bond donors (Lipinski definition) is 0. The molecule has 0 N–H and O–H groups in total. The van der Waals surface area contributed by atoms with Crippen molar-refractivity contribution < 1.29 is 9.47 Å². The van der Waals surface area contributed by atoms with Crippen molar-refractivity contribution in [2.75, 3.05) is 14.2 Å². The Balaban J connectivity index is 2.32. The maximum atomic E-state index is 5.51. The number of pyridine rings is 1. The van der Waals surface area contributed by atoms with Crippen molar-refractivity contribution >= 4 is 10.8 Å². The topological polar surface area (TPSA) is 31.4 Å². The first-order chi connectivity index (χ1) is 9.83. The summed E-state index contributed by atoms with van der Waals surface area (Å²) in [4.78, 5) is 4.07. The van der Waals surface area contributed by atoms with Crippen LogP contribution in [0.25, 0.3) is 21.9 Å². The third kappa shape index (κ3) is 2.07. The molecule has 0 atom stereocenters. The predicted octanol–water partition coefficient (Wildman–Crippen LogP) is 3.92. The molecule has 1 aromatic heterocycles. The zero-order valence-corrected chi connectivity index (χ0v) is 11.5. The molecule has 0 amide bonds. The summed E-state index contributed by atoms with van der Waals surface area (Å²) in [5, 5.41) is 2.26. The molecule has 3 nitrogen and oxygen atoms in total. The summed E-state index contributed by atoms with van der Waals surface area (Å²) in [7, 11) is 3.36. The molecule has 100 valence electrons. The minimum absolute atomic E-state index is 0.850. The summed E-state index contributed by atoms with van der Waals surface area (Å²) in [5.74, 6) is 1.71. The molecule has 0 aliphatic rings. The zero-order chi connectivity index (χ0) is 13.9. The predicted molar refractivity (Wildman–Crippen MR) is 80.3 cm³/mol. The van der Waals surface area contributed by atoms with E-state index in [1.54, 1.807) is 26.6 Å². The lowest BCUT2D eigenvalue weighted by molar-refractivity contribution is 0.415. The van der Waals surface area contributed by atoms with E-state index in [0.717, 1.165) is 33.4 Å². The Bertz CT molecular complexity index is 739. The molecule has 0 aliphatic carbocycles. The van der Waals surface area contributed by atoms with Crippen molar-refractivity contribution in [3.05, 3.63) is 54.9 Å². The van der Waals surface area contributed by atoms with Crippen LogP contribution in [-0.4, -0.2) is 19.2 Å². The van der Waals surface area contributed by atoms with E-state index in [4.69, 9.17) is 9.47 Å². The van der Waals surface area contributed by atoms with Crippen LogP contribution in [0.15, 0.2) is 54.9 Å². The van der Waals surface area contributed by atoms with E-state index in [9.17, 15) is 0 Å². The summed E-state index contributed by atoms with van der Waals surface area (Å²) in [6.45, 7) is 0. The van der Waals surface area contributed by atoms with Gasteiger partial charge in [0.05, 0.1) is 14.2 Å². The molecule has 0 fully saturated rings. The van der Waals surface area contributed by atoms with Crippen molar-refractivity contribution in [2.45, 2.75) is 0 Å². The number of ether oxygens (including phenoxy) is 2. The maximum Gasteiger partial charge on any atom is 0.127 e. The fourth-order valence-corrected chi connectivity index (χ4v) is 2.40. The van der Waals surface area contributed by atoms with Gasteiger partial charge in [-0.25, -0.2) is 0 Å². The lowest BCUT2D eigenvalue weighted by atomic mass is 9.98. The molecule has 1 heterocycles. The molecule has 0 spiro atoms. The molecular formula is C17H15NO2. The van der Waals surface area contributed by atoms with Gasteiger partial charge < -0.3 is 9.47 Å². The molecule has 0 bridgehead atoms. The second-order valence-corrected chi connectivity index (χ2v) is 4.47. The van der Waals surface area contributed by atoms with Crippen LogP contribution in [-0.2, 0) is 0 Å². The largest absolute Gasteiger partial charge is 0.497 e. The number of hydrogen-bond acceptors (Lipinski definition) is 3. The highest BCUT2D eigenvalue weighted by molar-refractivity contribution is 6.00. The molecule has 3 aromatic rings. The second-order valence-electron chi connectivity index (χ2n) is 4.47. The van der Waals surface area contributed by atoms with Crippen LogP contribution in [0, 0.1) is 0 Å². The Hall–Kier alpha value is -2.55. The minimum Gasteiger partial charge on any atom is -0.497 e. The average molecular weight is 265 g/mol. The Labute approximate surface area is 117 Å². The monoisotopic (exact) mass is 265 g/mol. The SMILES string of the molecule is COc1ccc2c(-c3ccncc3)c(OC)ccc2c1. The molecule has 0 unspecified atom stereocenters. The smallest absolute Gasteiger partial charge is 0.127 e. The van der Waals surface area contributed by atoms with E-state index in [0.29, 0.717) is 0 Å². The lowest BCUT2D eigenvalue weighted by Crippen LogP contribution is -1.91. The van der Waals surface area contributed by atoms with Gasteiger partial charge in [-0.3, -0.25) is 4.98 Å². The third-order valence-electron chi connectivity index (χ3n) is 3.38. The van der Waals surface area contributed by atoms with Crippen molar-refractivity contribution in [3.8, 4) is 22.6 Å². The average Bonchev–Trinajstić information content (AvgIpc) is 2.53. The fraction of sp³-hybridized carbons (Fsp3) is 0.118. The molecule has 0 aliphatic heterocycles. The Morgan fingerprint density at radius 3 is 2.35 bits per heavy atom. The van der Waals surface area contributed by atoms with Crippen LogP contribution < -0.4 is 9.47 Å². The van der Waals surface area contributed by atoms with E-state index >= 15 is 0 Å². The molecule has 0 radical (unpaired) electrons. The van der Waals surface area contributed by atoms with Gasteiger partial charge in [-0.2, -0.15) is 0 Å². The normalized spacial score (nSPS) is 10.5. The van der Waals surface area contributed by atoms with Crippen LogP contribution in [0.2, 0.25) is 0 Å². The van der Waals surface area contributed by atoms with E-state index in [2.05, 4.69) is 11.1 Å². The summed E-state index contributed by atoms with van der Waals surface area (Å²) in [6, 6.07) is 14.1. The van der Waals surface area contributed by atoms with E-state index in [1.165, 1.54) is 0 Å². The molecule has 2 aromatic carbocycles. The van der Waals surface area contributed by atoms with Gasteiger partial charge >= 0.3 is 0 Å². The first kappa shape index (κ1) is 12.5. The second kappa shape index (κ2) is 5.21. The van der Waals surface area contributed by atoms with Gasteiger partial charge in [0.15, 0.2) is 0 Å². The summed E-state index contributed by atoms with van der Waals surface area (Å²) >= 11 is 0. The standard InChI is InChI=1S/C17H15NO2/c1-19-14-4-5-15-13(11-14)3-6-16(20-2)17(15)12-7-9-18-10-8-12/h3-11H,1-2H3. The highest BCUT2D eigenvalue weighted by Crippen LogP contribution is 2.37. The van der Waals surface area contributed by atoms with Gasteiger partial charge in [0.1, 0.15) is 11.5 Å². The quantitative estimate of drug-likeness (QED) is 0.719. The number of benzene rings is 2. The highest BCUT2D eigenvalue weighted by atomic mass is 16.5. The van der Waals surface area contributed by atoms with Gasteiger partial charge in [0.2, 0.25) is 0 Å². The number of methoxy groups -OCH3 is 2. The van der Waals surface area contributed by atoms with Gasteiger partial charge in [-0.1, -0.05) is 6.07 Å². The molecule has 3 heteroatoms. The van der Waals surface area contributed by atoms with Crippen LogP contribution in [0.4, 0.5) is 0 Å². The Morgan fingerprint density at radius 2 is 1.65 bits per heavy atom. The summed E-state index contributed by atoms with van der Waals surface area (Å²) in [5.41, 5.74) is 2.17. The van der Waals surface area contributed by atoms with Gasteiger partial charge in [-0.15, -0.1) is 0 Å². The van der Waals surface area contributed by atoms with Crippen LogP contribution in [0.5, 0.6) is 11.5 Å². The Kier molecular flexibility index (Phi) is 3.25. The zero-order valence-electron chi connectivity index (χ0n) is 11.5. The number of fused-ring (bicyclic) bond motifs is 1. The van der Waals surface area contributed by atoms with Crippen LogP contribution in [0.1, 0.15) is 0 Å². The van der Waals surface area contributed by atoms with Crippen molar-refractivity contribution in [2.24, 2.45) is 0 Å². The number of nitrogens with zero attached hydrogens (tertiary/aromatic N) is 1. The van der Waals surface area contributed by atoms with Crippen LogP contribution >= 0.6 is 0 Å². The molecule has 0 saturated heterocycles. The first-order valence-corrected chi connectivity index (χ1v) is 6.38. The van der Waals surface area contributed by atoms with E-state index < -0.39 is 0 Å². The van der Waals surface area contributed by atoms with Gasteiger partial charge in [0, 0.05) is 18.0 Å². The van der Waals surface area contributed by atoms with E-state index in [-0.39, 0.29) is 0 Å². The molecule has 3 rings (SSSR count). The number of aromatic nitrogens is 1. The minimum atomic E-state index is 0.850. The van der Waals surface area contributed by atoms with Crippen molar-refractivity contribution in [3.63, 3.8) is 0 Å². The van der Waals surface area contributed by atoms with Crippen molar-refractivity contribution in [1.29, 1.82) is 0 Å². The Morgan fingerprint density at radius 1 is 0.850 bits per heavy atom. The maximum absolute atomic E-state index is 5.51. The molecular weight excluding hydrogens is 250 g/mol. The lowest BCUT2D eigenvalue weighted by Gasteiger charge is -2.13. The summed E-state index contributed by atoms with van der Waals surface area (Å²) in [6.07, 6.45) is 3.58. The molecule has 20 heavy (non-hydrogen) atoms. The van der Waals surface area contributed by atoms with E-state index in [1.807, 2.05) is 36.4 Å². The molecule has 0 saturated carbocycles.